The van der Waals surface area contributed by atoms with Gasteiger partial charge in [-0.1, -0.05) is 18.2 Å². The zero-order chi connectivity index (χ0) is 15.6. The summed E-state index contributed by atoms with van der Waals surface area (Å²) in [6.07, 6.45) is 4.79. The predicted molar refractivity (Wildman–Crippen MR) is 89.8 cm³/mol. The van der Waals surface area contributed by atoms with E-state index >= 15 is 0 Å². The number of benzene rings is 1. The summed E-state index contributed by atoms with van der Waals surface area (Å²) in [6, 6.07) is 12.0. The topological polar surface area (TPSA) is 50.2 Å². The van der Waals surface area contributed by atoms with Gasteiger partial charge in [0.1, 0.15) is 5.82 Å². The summed E-state index contributed by atoms with van der Waals surface area (Å²) < 4.78 is 1.86. The molecular weight excluding hydrogens is 288 g/mol. The van der Waals surface area contributed by atoms with Gasteiger partial charge in [0.15, 0.2) is 0 Å². The maximum atomic E-state index is 12.4. The van der Waals surface area contributed by atoms with Gasteiger partial charge in [-0.3, -0.25) is 9.69 Å². The summed E-state index contributed by atoms with van der Waals surface area (Å²) in [5.74, 6) is 1.39. The number of nitrogens with one attached hydrogen (secondary N) is 1. The van der Waals surface area contributed by atoms with Crippen LogP contribution in [0.15, 0.2) is 36.4 Å². The van der Waals surface area contributed by atoms with Crippen molar-refractivity contribution in [2.24, 2.45) is 0 Å². The Morgan fingerprint density at radius 3 is 2.61 bits per heavy atom. The fourth-order valence-corrected chi connectivity index (χ4v) is 3.16. The quantitative estimate of drug-likeness (QED) is 0.924. The molecule has 2 fully saturated rings. The normalized spacial score (nSPS) is 18.3. The van der Waals surface area contributed by atoms with E-state index < -0.39 is 0 Å². The van der Waals surface area contributed by atoms with Crippen molar-refractivity contribution < 1.29 is 4.79 Å². The van der Waals surface area contributed by atoms with Crippen LogP contribution >= 0.6 is 0 Å². The molecule has 1 N–H and O–H groups in total. The highest BCUT2D eigenvalue weighted by Crippen LogP contribution is 2.40. The van der Waals surface area contributed by atoms with Crippen molar-refractivity contribution in [1.82, 2.24) is 14.7 Å². The second-order valence-corrected chi connectivity index (χ2v) is 6.51. The van der Waals surface area contributed by atoms with Gasteiger partial charge < -0.3 is 5.32 Å². The molecule has 2 aliphatic rings. The third-order valence-corrected chi connectivity index (χ3v) is 4.56. The lowest BCUT2D eigenvalue weighted by molar-refractivity contribution is -0.117. The van der Waals surface area contributed by atoms with Crippen molar-refractivity contribution in [3.05, 3.63) is 42.1 Å². The van der Waals surface area contributed by atoms with Crippen molar-refractivity contribution in [3.63, 3.8) is 0 Å². The highest BCUT2D eigenvalue weighted by atomic mass is 16.2. The molecule has 1 aliphatic heterocycles. The number of carbonyl (C=O) groups is 1. The second-order valence-electron chi connectivity index (χ2n) is 6.51. The molecule has 5 nitrogen and oxygen atoms in total. The van der Waals surface area contributed by atoms with Crippen LogP contribution in [0.1, 0.15) is 37.3 Å². The molecule has 2 heterocycles. The molecule has 120 valence electrons. The summed E-state index contributed by atoms with van der Waals surface area (Å²) in [7, 11) is 0. The SMILES string of the molecule is O=C(CN1CCCC1)Nc1cc(C2CC2)nn1-c1ccccc1. The monoisotopic (exact) mass is 310 g/mol. The van der Waals surface area contributed by atoms with E-state index in [9.17, 15) is 4.79 Å². The number of hydrogen-bond donors (Lipinski definition) is 1. The Morgan fingerprint density at radius 2 is 1.91 bits per heavy atom. The van der Waals surface area contributed by atoms with Gasteiger partial charge in [0.2, 0.25) is 5.91 Å². The lowest BCUT2D eigenvalue weighted by atomic mass is 10.3. The number of rotatable bonds is 5. The average molecular weight is 310 g/mol. The van der Waals surface area contributed by atoms with Gasteiger partial charge in [-0.15, -0.1) is 0 Å². The van der Waals surface area contributed by atoms with E-state index in [2.05, 4.69) is 10.2 Å². The molecule has 1 amide bonds. The van der Waals surface area contributed by atoms with Crippen LogP contribution in [-0.2, 0) is 4.79 Å². The molecule has 1 aliphatic carbocycles. The summed E-state index contributed by atoms with van der Waals surface area (Å²) >= 11 is 0. The Balaban J connectivity index is 1.55. The van der Waals surface area contributed by atoms with Crippen LogP contribution in [0.5, 0.6) is 0 Å². The first kappa shape index (κ1) is 14.5. The van der Waals surface area contributed by atoms with Crippen LogP contribution in [0.2, 0.25) is 0 Å². The molecule has 0 radical (unpaired) electrons. The molecule has 0 unspecified atom stereocenters. The fourth-order valence-electron chi connectivity index (χ4n) is 3.16. The fraction of sp³-hybridized carbons (Fsp3) is 0.444. The van der Waals surface area contributed by atoms with E-state index in [1.165, 1.54) is 25.7 Å². The number of aromatic nitrogens is 2. The molecule has 2 aromatic rings. The molecule has 5 heteroatoms. The Morgan fingerprint density at radius 1 is 1.17 bits per heavy atom. The van der Waals surface area contributed by atoms with Crippen LogP contribution < -0.4 is 5.32 Å². The minimum atomic E-state index is 0.0475. The van der Waals surface area contributed by atoms with Crippen molar-refractivity contribution >= 4 is 11.7 Å². The Labute approximate surface area is 136 Å². The van der Waals surface area contributed by atoms with Gasteiger partial charge in [-0.2, -0.15) is 5.10 Å². The second kappa shape index (κ2) is 6.16. The number of nitrogens with zero attached hydrogens (tertiary/aromatic N) is 3. The van der Waals surface area contributed by atoms with Gasteiger partial charge in [0.25, 0.3) is 0 Å². The summed E-state index contributed by atoms with van der Waals surface area (Å²) in [5.41, 5.74) is 2.07. The van der Waals surface area contributed by atoms with Gasteiger partial charge in [0.05, 0.1) is 17.9 Å². The average Bonchev–Trinajstić information content (AvgIpc) is 3.14. The third-order valence-electron chi connectivity index (χ3n) is 4.56. The standard InChI is InChI=1S/C18H22N4O/c23-18(13-21-10-4-5-11-21)19-17-12-16(14-8-9-14)20-22(17)15-6-2-1-3-7-15/h1-3,6-7,12,14H,4-5,8-11,13H2,(H,19,23). The van der Waals surface area contributed by atoms with E-state index in [-0.39, 0.29) is 5.91 Å². The predicted octanol–water partition coefficient (Wildman–Crippen LogP) is 2.78. The summed E-state index contributed by atoms with van der Waals surface area (Å²) in [5, 5.41) is 7.77. The Kier molecular flexibility index (Phi) is 3.87. The number of likely N-dealkylation sites (tertiary alicyclic amines) is 1. The van der Waals surface area contributed by atoms with Crippen LogP contribution in [0, 0.1) is 0 Å². The van der Waals surface area contributed by atoms with Gasteiger partial charge in [-0.05, 0) is 50.9 Å². The molecule has 1 aromatic carbocycles. The van der Waals surface area contributed by atoms with Gasteiger partial charge >= 0.3 is 0 Å². The first-order valence-electron chi connectivity index (χ1n) is 8.47. The van der Waals surface area contributed by atoms with Crippen molar-refractivity contribution in [3.8, 4) is 5.69 Å². The number of amides is 1. The molecule has 23 heavy (non-hydrogen) atoms. The first-order valence-corrected chi connectivity index (χ1v) is 8.47. The van der Waals surface area contributed by atoms with E-state index in [0.29, 0.717) is 12.5 Å². The Bertz CT molecular complexity index is 684. The van der Waals surface area contributed by atoms with Crippen LogP contribution in [0.3, 0.4) is 0 Å². The maximum absolute atomic E-state index is 12.4. The van der Waals surface area contributed by atoms with Gasteiger partial charge in [0, 0.05) is 12.0 Å². The Hall–Kier alpha value is -2.14. The molecule has 1 aromatic heterocycles. The molecule has 1 saturated carbocycles. The minimum absolute atomic E-state index is 0.0475. The highest BCUT2D eigenvalue weighted by molar-refractivity contribution is 5.91. The van der Waals surface area contributed by atoms with Crippen LogP contribution in [-0.4, -0.2) is 40.2 Å². The largest absolute Gasteiger partial charge is 0.309 e. The number of para-hydroxylation sites is 1. The lowest BCUT2D eigenvalue weighted by Gasteiger charge is -2.14. The third kappa shape index (κ3) is 3.29. The van der Waals surface area contributed by atoms with Gasteiger partial charge in [-0.25, -0.2) is 4.68 Å². The lowest BCUT2D eigenvalue weighted by Crippen LogP contribution is -2.31. The molecule has 0 atom stereocenters. The molecular formula is C18H22N4O. The smallest absolute Gasteiger partial charge is 0.239 e. The van der Waals surface area contributed by atoms with E-state index in [1.54, 1.807) is 0 Å². The number of carbonyl (C=O) groups excluding carboxylic acids is 1. The molecule has 0 bridgehead atoms. The highest BCUT2D eigenvalue weighted by Gasteiger charge is 2.28. The maximum Gasteiger partial charge on any atom is 0.239 e. The summed E-state index contributed by atoms with van der Waals surface area (Å²) in [6.45, 7) is 2.52. The van der Waals surface area contributed by atoms with Crippen molar-refractivity contribution in [2.45, 2.75) is 31.6 Å². The van der Waals surface area contributed by atoms with Crippen LogP contribution in [0.4, 0.5) is 5.82 Å². The summed E-state index contributed by atoms with van der Waals surface area (Å²) in [4.78, 5) is 14.6. The number of anilines is 1. The van der Waals surface area contributed by atoms with Crippen molar-refractivity contribution in [1.29, 1.82) is 0 Å². The van der Waals surface area contributed by atoms with E-state index in [1.807, 2.05) is 41.1 Å². The number of hydrogen-bond acceptors (Lipinski definition) is 3. The van der Waals surface area contributed by atoms with Crippen molar-refractivity contribution in [2.75, 3.05) is 25.0 Å². The first-order chi connectivity index (χ1) is 11.3. The zero-order valence-electron chi connectivity index (χ0n) is 13.2. The molecule has 4 rings (SSSR count). The van der Waals surface area contributed by atoms with E-state index in [4.69, 9.17) is 5.10 Å². The van der Waals surface area contributed by atoms with E-state index in [0.717, 1.165) is 30.3 Å². The van der Waals surface area contributed by atoms with Crippen LogP contribution in [0.25, 0.3) is 5.69 Å². The molecule has 0 spiro atoms. The zero-order valence-corrected chi connectivity index (χ0v) is 13.2. The molecule has 1 saturated heterocycles. The minimum Gasteiger partial charge on any atom is -0.309 e.